The maximum Gasteiger partial charge on any atom is 0.0548 e. The van der Waals surface area contributed by atoms with Crippen LogP contribution in [0.3, 0.4) is 0 Å². The molecule has 3 heterocycles. The molecule has 11 aromatic rings. The molecule has 0 aliphatic heterocycles. The number of hydrogen-bond acceptors (Lipinski definition) is 0. The fraction of sp³-hybridized carbons (Fsp3) is 0. The highest BCUT2D eigenvalue weighted by atomic mass is 15.0. The van der Waals surface area contributed by atoms with Crippen molar-refractivity contribution in [2.24, 2.45) is 0 Å². The fourth-order valence-corrected chi connectivity index (χ4v) is 8.45. The largest absolute Gasteiger partial charge is 0.317 e. The number of aromatic nitrogens is 3. The van der Waals surface area contributed by atoms with Gasteiger partial charge in [0.1, 0.15) is 0 Å². The van der Waals surface area contributed by atoms with Gasteiger partial charge in [-0.05, 0) is 107 Å². The lowest BCUT2D eigenvalue weighted by molar-refractivity contribution is 1.13. The van der Waals surface area contributed by atoms with Crippen LogP contribution >= 0.6 is 0 Å². The molecule has 0 saturated carbocycles. The van der Waals surface area contributed by atoms with E-state index in [-0.39, 0.29) is 0 Å². The summed E-state index contributed by atoms with van der Waals surface area (Å²) in [4.78, 5) is 0. The van der Waals surface area contributed by atoms with Gasteiger partial charge in [0, 0.05) is 50.2 Å². The molecule has 0 bridgehead atoms. The second-order valence-corrected chi connectivity index (χ2v) is 13.8. The normalized spacial score (nSPS) is 11.8. The van der Waals surface area contributed by atoms with Crippen LogP contribution in [0.2, 0.25) is 0 Å². The molecule has 8 aromatic carbocycles. The Morgan fingerprint density at radius 3 is 1.32 bits per heavy atom. The minimum atomic E-state index is 1.14. The van der Waals surface area contributed by atoms with Crippen LogP contribution in [-0.2, 0) is 0 Å². The lowest BCUT2D eigenvalue weighted by Gasteiger charge is -2.12. The maximum atomic E-state index is 2.42. The minimum absolute atomic E-state index is 1.14. The molecule has 248 valence electrons. The molecule has 0 fully saturated rings. The Bertz CT molecular complexity index is 3030. The van der Waals surface area contributed by atoms with Crippen molar-refractivity contribution in [1.29, 1.82) is 0 Å². The van der Waals surface area contributed by atoms with E-state index in [1.54, 1.807) is 0 Å². The van der Waals surface area contributed by atoms with Gasteiger partial charge in [-0.3, -0.25) is 0 Å². The van der Waals surface area contributed by atoms with Crippen LogP contribution in [0.5, 0.6) is 0 Å². The first-order valence-electron chi connectivity index (χ1n) is 18.2. The molecular formula is C50H33N3. The highest BCUT2D eigenvalue weighted by Gasteiger charge is 2.18. The molecule has 0 atom stereocenters. The first-order valence-corrected chi connectivity index (χ1v) is 18.2. The summed E-state index contributed by atoms with van der Waals surface area (Å²) in [5, 5.41) is 6.29. The van der Waals surface area contributed by atoms with Gasteiger partial charge in [-0.2, -0.15) is 0 Å². The standard InChI is InChI=1S/C50H33N3/c1-4-12-34(13-5-1)36-20-26-47-43(32-36)44-33-37(35-14-6-2-7-15-35)21-27-48(44)52(47)39-22-24-40(25-23-39)53-46-19-11-10-18-41(46)50-42-30-31-51(38-16-8-3-9-17-38)45(42)28-29-49(50)53/h1-33H. The van der Waals surface area contributed by atoms with E-state index in [1.807, 2.05) is 0 Å². The summed E-state index contributed by atoms with van der Waals surface area (Å²) in [5.41, 5.74) is 14.3. The van der Waals surface area contributed by atoms with E-state index in [9.17, 15) is 0 Å². The van der Waals surface area contributed by atoms with Crippen molar-refractivity contribution in [3.63, 3.8) is 0 Å². The van der Waals surface area contributed by atoms with E-state index in [0.29, 0.717) is 0 Å². The van der Waals surface area contributed by atoms with Crippen molar-refractivity contribution < 1.29 is 0 Å². The summed E-state index contributed by atoms with van der Waals surface area (Å²) in [7, 11) is 0. The Kier molecular flexibility index (Phi) is 6.55. The zero-order chi connectivity index (χ0) is 34.9. The molecule has 0 aliphatic rings. The van der Waals surface area contributed by atoms with E-state index in [2.05, 4.69) is 214 Å². The molecule has 3 heteroatoms. The summed E-state index contributed by atoms with van der Waals surface area (Å²) in [5.74, 6) is 0. The van der Waals surface area contributed by atoms with Crippen molar-refractivity contribution in [3.05, 3.63) is 200 Å². The Labute approximate surface area is 306 Å². The first kappa shape index (κ1) is 29.6. The van der Waals surface area contributed by atoms with Gasteiger partial charge in [-0.25, -0.2) is 0 Å². The van der Waals surface area contributed by atoms with Crippen LogP contribution in [0.1, 0.15) is 0 Å². The predicted molar refractivity (Wildman–Crippen MR) is 223 cm³/mol. The highest BCUT2D eigenvalue weighted by molar-refractivity contribution is 6.21. The van der Waals surface area contributed by atoms with E-state index >= 15 is 0 Å². The molecule has 0 spiro atoms. The molecule has 0 aliphatic carbocycles. The summed E-state index contributed by atoms with van der Waals surface area (Å²) in [6, 6.07) is 70.4. The fourth-order valence-electron chi connectivity index (χ4n) is 8.45. The van der Waals surface area contributed by atoms with Gasteiger partial charge in [0.05, 0.1) is 27.6 Å². The second-order valence-electron chi connectivity index (χ2n) is 13.8. The molecule has 0 saturated heterocycles. The molecule has 3 aromatic heterocycles. The van der Waals surface area contributed by atoms with E-state index in [0.717, 1.165) is 11.4 Å². The molecule has 0 N–H and O–H groups in total. The third-order valence-electron chi connectivity index (χ3n) is 10.9. The minimum Gasteiger partial charge on any atom is -0.317 e. The Morgan fingerprint density at radius 2 is 0.717 bits per heavy atom. The van der Waals surface area contributed by atoms with Crippen LogP contribution in [0.25, 0.3) is 93.8 Å². The number of rotatable bonds is 5. The van der Waals surface area contributed by atoms with Gasteiger partial charge in [0.25, 0.3) is 0 Å². The summed E-state index contributed by atoms with van der Waals surface area (Å²) < 4.78 is 7.12. The lowest BCUT2D eigenvalue weighted by atomic mass is 10.0. The molecule has 0 radical (unpaired) electrons. The quantitative estimate of drug-likeness (QED) is 0.172. The second kappa shape index (κ2) is 11.7. The number of fused-ring (bicyclic) bond motifs is 8. The smallest absolute Gasteiger partial charge is 0.0548 e. The Balaban J connectivity index is 1.08. The molecule has 0 amide bonds. The molecule has 0 unspecified atom stereocenters. The Hall–Kier alpha value is -7.10. The van der Waals surface area contributed by atoms with Crippen LogP contribution in [-0.4, -0.2) is 13.7 Å². The van der Waals surface area contributed by atoms with Crippen molar-refractivity contribution in [2.45, 2.75) is 0 Å². The highest BCUT2D eigenvalue weighted by Crippen LogP contribution is 2.40. The van der Waals surface area contributed by atoms with Gasteiger partial charge < -0.3 is 13.7 Å². The number of nitrogens with zero attached hydrogens (tertiary/aromatic N) is 3. The van der Waals surface area contributed by atoms with Gasteiger partial charge in [0.2, 0.25) is 0 Å². The van der Waals surface area contributed by atoms with E-state index in [4.69, 9.17) is 0 Å². The first-order chi connectivity index (χ1) is 26.3. The van der Waals surface area contributed by atoms with Crippen LogP contribution in [0, 0.1) is 0 Å². The Morgan fingerprint density at radius 1 is 0.264 bits per heavy atom. The maximum absolute atomic E-state index is 2.42. The van der Waals surface area contributed by atoms with Crippen molar-refractivity contribution >= 4 is 54.5 Å². The number of benzene rings is 8. The molecular weight excluding hydrogens is 643 g/mol. The van der Waals surface area contributed by atoms with Crippen molar-refractivity contribution in [1.82, 2.24) is 13.7 Å². The van der Waals surface area contributed by atoms with E-state index < -0.39 is 0 Å². The number of hydrogen-bond donors (Lipinski definition) is 0. The average molecular weight is 676 g/mol. The molecule has 3 nitrogen and oxygen atoms in total. The van der Waals surface area contributed by atoms with Crippen molar-refractivity contribution in [3.8, 4) is 39.3 Å². The summed E-state index contributed by atoms with van der Waals surface area (Å²) in [6.45, 7) is 0. The van der Waals surface area contributed by atoms with Crippen LogP contribution in [0.15, 0.2) is 200 Å². The monoisotopic (exact) mass is 675 g/mol. The van der Waals surface area contributed by atoms with Crippen LogP contribution in [0.4, 0.5) is 0 Å². The topological polar surface area (TPSA) is 14.8 Å². The van der Waals surface area contributed by atoms with Crippen LogP contribution < -0.4 is 0 Å². The molecule has 11 rings (SSSR count). The lowest BCUT2D eigenvalue weighted by Crippen LogP contribution is -1.97. The summed E-state index contributed by atoms with van der Waals surface area (Å²) >= 11 is 0. The van der Waals surface area contributed by atoms with Crippen molar-refractivity contribution in [2.75, 3.05) is 0 Å². The van der Waals surface area contributed by atoms with Gasteiger partial charge in [0.15, 0.2) is 0 Å². The van der Waals surface area contributed by atoms with Gasteiger partial charge in [-0.15, -0.1) is 0 Å². The predicted octanol–water partition coefficient (Wildman–Crippen LogP) is 13.2. The van der Waals surface area contributed by atoms with E-state index in [1.165, 1.54) is 82.5 Å². The zero-order valence-electron chi connectivity index (χ0n) is 28.9. The van der Waals surface area contributed by atoms with Gasteiger partial charge >= 0.3 is 0 Å². The van der Waals surface area contributed by atoms with Gasteiger partial charge in [-0.1, -0.05) is 109 Å². The third-order valence-corrected chi connectivity index (χ3v) is 10.9. The summed E-state index contributed by atoms with van der Waals surface area (Å²) in [6.07, 6.45) is 2.19. The zero-order valence-corrected chi connectivity index (χ0v) is 28.9. The number of para-hydroxylation sites is 2. The SMILES string of the molecule is c1ccc(-c2ccc3c(c2)c2cc(-c4ccccc4)ccc2n3-c2ccc(-n3c4ccccc4c4c5ccn(-c6ccccc6)c5ccc43)cc2)cc1. The average Bonchev–Trinajstić information content (AvgIpc) is 3.92. The molecule has 53 heavy (non-hydrogen) atoms. The third kappa shape index (κ3) is 4.61.